The van der Waals surface area contributed by atoms with E-state index in [1.807, 2.05) is 13.0 Å². The van der Waals surface area contributed by atoms with E-state index in [4.69, 9.17) is 9.47 Å². The van der Waals surface area contributed by atoms with Gasteiger partial charge in [-0.05, 0) is 60.4 Å². The van der Waals surface area contributed by atoms with Crippen LogP contribution in [-0.2, 0) is 16.1 Å². The summed E-state index contributed by atoms with van der Waals surface area (Å²) in [5.74, 6) is -7.69. The molecule has 3 nitrogen and oxygen atoms in total. The minimum atomic E-state index is -1.37. The Kier molecular flexibility index (Phi) is 9.55. The molecule has 3 rings (SSSR count). The van der Waals surface area contributed by atoms with Crippen molar-refractivity contribution in [2.45, 2.75) is 51.6 Å². The molecule has 1 N–H and O–H groups in total. The fraction of sp³-hybridized carbons (Fsp3) is 0.310. The van der Waals surface area contributed by atoms with Gasteiger partial charge in [-0.1, -0.05) is 50.8 Å². The number of rotatable bonds is 11. The lowest BCUT2D eigenvalue weighted by Gasteiger charge is -2.23. The third-order valence-electron chi connectivity index (χ3n) is 6.22. The molecule has 198 valence electrons. The fourth-order valence-electron chi connectivity index (χ4n) is 3.99. The quantitative estimate of drug-likeness (QED) is 0.139. The highest BCUT2D eigenvalue weighted by molar-refractivity contribution is 5.67. The van der Waals surface area contributed by atoms with Crippen LogP contribution in [0.15, 0.2) is 72.7 Å². The van der Waals surface area contributed by atoms with Crippen LogP contribution in [0.5, 0.6) is 5.75 Å². The lowest BCUT2D eigenvalue weighted by Crippen LogP contribution is -2.08. The Bertz CT molecular complexity index is 1230. The van der Waals surface area contributed by atoms with E-state index in [9.17, 15) is 27.1 Å². The zero-order valence-corrected chi connectivity index (χ0v) is 20.6. The van der Waals surface area contributed by atoms with Crippen molar-refractivity contribution in [3.8, 4) is 5.75 Å². The molecule has 2 aromatic rings. The molecule has 0 amide bonds. The van der Waals surface area contributed by atoms with Crippen molar-refractivity contribution in [1.82, 2.24) is 0 Å². The Balaban J connectivity index is 1.62. The first-order valence-corrected chi connectivity index (χ1v) is 12.0. The largest absolute Gasteiger partial charge is 0.505 e. The normalized spacial score (nSPS) is 16.1. The summed E-state index contributed by atoms with van der Waals surface area (Å²) in [5, 5.41) is 9.32. The van der Waals surface area contributed by atoms with Gasteiger partial charge in [-0.25, -0.2) is 8.78 Å². The highest BCUT2D eigenvalue weighted by atomic mass is 19.2. The summed E-state index contributed by atoms with van der Waals surface area (Å²) < 4.78 is 81.2. The van der Waals surface area contributed by atoms with Crippen molar-refractivity contribution < 1.29 is 36.5 Å². The van der Waals surface area contributed by atoms with Crippen LogP contribution >= 0.6 is 0 Å². The van der Waals surface area contributed by atoms with Gasteiger partial charge in [-0.15, -0.1) is 0 Å². The van der Waals surface area contributed by atoms with Crippen LogP contribution in [0.4, 0.5) is 22.0 Å². The molecule has 0 fully saturated rings. The van der Waals surface area contributed by atoms with Gasteiger partial charge in [0, 0.05) is 5.56 Å². The molecule has 0 bridgehead atoms. The number of benzene rings is 2. The lowest BCUT2D eigenvalue weighted by molar-refractivity contribution is 0.182. The first-order valence-electron chi connectivity index (χ1n) is 12.0. The summed E-state index contributed by atoms with van der Waals surface area (Å²) in [6, 6.07) is 6.97. The molecule has 0 saturated heterocycles. The van der Waals surface area contributed by atoms with Crippen molar-refractivity contribution in [2.75, 3.05) is 6.61 Å². The monoisotopic (exact) mass is 520 g/mol. The van der Waals surface area contributed by atoms with Crippen LogP contribution in [0.25, 0.3) is 5.57 Å². The van der Waals surface area contributed by atoms with Gasteiger partial charge in [0.05, 0.1) is 6.61 Å². The summed E-state index contributed by atoms with van der Waals surface area (Å²) in [6.07, 6.45) is 4.79. The maximum atomic E-state index is 14.7. The molecule has 0 radical (unpaired) electrons. The van der Waals surface area contributed by atoms with E-state index in [1.165, 1.54) is 18.2 Å². The number of unbranched alkanes of at least 4 members (excludes halogenated alkanes) is 1. The zero-order chi connectivity index (χ0) is 27.1. The first kappa shape index (κ1) is 28.0. The Hall–Kier alpha value is -3.55. The molecule has 0 spiro atoms. The van der Waals surface area contributed by atoms with Crippen molar-refractivity contribution in [2.24, 2.45) is 0 Å². The van der Waals surface area contributed by atoms with Crippen LogP contribution in [0.2, 0.25) is 0 Å². The average Bonchev–Trinajstić information content (AvgIpc) is 2.90. The van der Waals surface area contributed by atoms with Crippen LogP contribution in [0.3, 0.4) is 0 Å². The van der Waals surface area contributed by atoms with E-state index >= 15 is 0 Å². The molecule has 1 unspecified atom stereocenters. The number of phenols is 1. The van der Waals surface area contributed by atoms with Gasteiger partial charge in [0.2, 0.25) is 17.5 Å². The second-order valence-corrected chi connectivity index (χ2v) is 8.77. The van der Waals surface area contributed by atoms with Crippen molar-refractivity contribution in [3.63, 3.8) is 0 Å². The number of hydrogen-bond acceptors (Lipinski definition) is 3. The smallest absolute Gasteiger partial charge is 0.203 e. The summed E-state index contributed by atoms with van der Waals surface area (Å²) in [7, 11) is 0. The first-order chi connectivity index (χ1) is 17.6. The minimum Gasteiger partial charge on any atom is -0.505 e. The predicted octanol–water partition coefficient (Wildman–Crippen LogP) is 8.67. The van der Waals surface area contributed by atoms with Crippen molar-refractivity contribution in [1.29, 1.82) is 0 Å². The fourth-order valence-corrected chi connectivity index (χ4v) is 3.99. The second kappa shape index (κ2) is 12.6. The summed E-state index contributed by atoms with van der Waals surface area (Å²) in [6.45, 7) is 8.45. The topological polar surface area (TPSA) is 38.7 Å². The third kappa shape index (κ3) is 6.81. The molecule has 37 heavy (non-hydrogen) atoms. The van der Waals surface area contributed by atoms with Gasteiger partial charge in [0.1, 0.15) is 12.4 Å². The number of aromatic hydroxyl groups is 1. The van der Waals surface area contributed by atoms with Gasteiger partial charge in [-0.3, -0.25) is 0 Å². The van der Waals surface area contributed by atoms with Gasteiger partial charge < -0.3 is 14.6 Å². The van der Waals surface area contributed by atoms with Crippen molar-refractivity contribution in [3.05, 3.63) is 107 Å². The van der Waals surface area contributed by atoms with Gasteiger partial charge in [0.25, 0.3) is 0 Å². The number of hydrogen-bond donors (Lipinski definition) is 1. The van der Waals surface area contributed by atoms with Crippen LogP contribution < -0.4 is 0 Å². The standard InChI is InChI=1S/C29H29F5O3/c1-4-5-14-36-17(2)26(31)27(32)18(3)37-16-22-11-10-21(15-24(22)30)19-6-8-20(9-7-19)23-12-13-25(35)29(34)28(23)33/h6,10-13,15,20,35H,2-5,7-9,14,16H2,1H3/b27-26-. The molecule has 0 aromatic heterocycles. The minimum absolute atomic E-state index is 0.118. The van der Waals surface area contributed by atoms with Gasteiger partial charge in [-0.2, -0.15) is 13.2 Å². The predicted molar refractivity (Wildman–Crippen MR) is 132 cm³/mol. The van der Waals surface area contributed by atoms with E-state index < -0.39 is 46.4 Å². The highest BCUT2D eigenvalue weighted by Crippen LogP contribution is 2.38. The second-order valence-electron chi connectivity index (χ2n) is 8.77. The van der Waals surface area contributed by atoms with E-state index in [0.717, 1.165) is 18.1 Å². The maximum absolute atomic E-state index is 14.7. The Morgan fingerprint density at radius 3 is 2.32 bits per heavy atom. The molecule has 1 aliphatic rings. The van der Waals surface area contributed by atoms with E-state index in [2.05, 4.69) is 13.2 Å². The van der Waals surface area contributed by atoms with Crippen LogP contribution in [0, 0.1) is 17.5 Å². The Labute approximate surface area is 213 Å². The Morgan fingerprint density at radius 1 is 1.00 bits per heavy atom. The van der Waals surface area contributed by atoms with Crippen LogP contribution in [-0.4, -0.2) is 11.7 Å². The molecule has 2 aromatic carbocycles. The average molecular weight is 521 g/mol. The molecule has 0 aliphatic heterocycles. The summed E-state index contributed by atoms with van der Waals surface area (Å²) in [4.78, 5) is 0. The molecule has 8 heteroatoms. The number of phenolic OH excluding ortho intramolecular Hbond substituents is 1. The lowest BCUT2D eigenvalue weighted by atomic mass is 9.82. The maximum Gasteiger partial charge on any atom is 0.203 e. The van der Waals surface area contributed by atoms with Gasteiger partial charge in [0.15, 0.2) is 23.1 Å². The molecular formula is C29H29F5O3. The molecule has 0 saturated carbocycles. The molecular weight excluding hydrogens is 491 g/mol. The van der Waals surface area contributed by atoms with Crippen LogP contribution in [0.1, 0.15) is 61.6 Å². The van der Waals surface area contributed by atoms with E-state index in [0.29, 0.717) is 31.2 Å². The number of allylic oxidation sites excluding steroid dienone is 4. The third-order valence-corrected chi connectivity index (χ3v) is 6.22. The molecule has 1 aliphatic carbocycles. The highest BCUT2D eigenvalue weighted by Gasteiger charge is 2.23. The van der Waals surface area contributed by atoms with Gasteiger partial charge >= 0.3 is 0 Å². The van der Waals surface area contributed by atoms with E-state index in [1.54, 1.807) is 6.07 Å². The van der Waals surface area contributed by atoms with Crippen molar-refractivity contribution >= 4 is 5.57 Å². The summed E-state index contributed by atoms with van der Waals surface area (Å²) >= 11 is 0. The number of ether oxygens (including phenoxy) is 2. The molecule has 1 atom stereocenters. The zero-order valence-electron chi connectivity index (χ0n) is 20.6. The summed E-state index contributed by atoms with van der Waals surface area (Å²) in [5.41, 5.74) is 1.78. The molecule has 0 heterocycles. The Morgan fingerprint density at radius 2 is 1.70 bits per heavy atom. The SMILES string of the molecule is C=C(OCCCC)/C(F)=C(/F)C(=C)OCc1ccc(C2=CCC(c3ccc(O)c(F)c3F)CC2)cc1F. The number of halogens is 5. The van der Waals surface area contributed by atoms with E-state index in [-0.39, 0.29) is 30.3 Å².